The number of nitrogens with two attached hydrogens (primary N) is 2. The predicted molar refractivity (Wildman–Crippen MR) is 116 cm³/mol. The number of aromatic nitrogens is 2. The second-order valence-electron chi connectivity index (χ2n) is 7.05. The number of amides is 3. The van der Waals surface area contributed by atoms with Crippen LogP contribution in [0, 0.1) is 0 Å². The van der Waals surface area contributed by atoms with Gasteiger partial charge < -0.3 is 37.5 Å². The lowest BCUT2D eigenvalue weighted by Crippen LogP contribution is -2.57. The molecule has 3 amide bonds. The van der Waals surface area contributed by atoms with Gasteiger partial charge in [-0.3, -0.25) is 14.4 Å². The summed E-state index contributed by atoms with van der Waals surface area (Å²) >= 11 is 3.94. The Morgan fingerprint density at radius 2 is 1.81 bits per heavy atom. The molecule has 13 heteroatoms. The van der Waals surface area contributed by atoms with Crippen LogP contribution in [-0.2, 0) is 25.6 Å². The van der Waals surface area contributed by atoms with E-state index in [4.69, 9.17) is 11.5 Å². The fourth-order valence-corrected chi connectivity index (χ4v) is 2.78. The second kappa shape index (κ2) is 13.6. The first kappa shape index (κ1) is 26.4. The molecule has 174 valence electrons. The molecular weight excluding hydrogens is 426 g/mol. The van der Waals surface area contributed by atoms with Crippen LogP contribution in [-0.4, -0.2) is 75.2 Å². The van der Waals surface area contributed by atoms with Gasteiger partial charge in [0.25, 0.3) is 0 Å². The maximum absolute atomic E-state index is 12.8. The molecule has 0 fully saturated rings. The molecule has 0 aliphatic rings. The topological polar surface area (TPSA) is 205 Å². The number of hydrogen-bond acceptors (Lipinski definition) is 8. The molecule has 0 bridgehead atoms. The average Bonchev–Trinajstić information content (AvgIpc) is 3.24. The van der Waals surface area contributed by atoms with Crippen molar-refractivity contribution < 1.29 is 24.3 Å². The third kappa shape index (κ3) is 9.36. The van der Waals surface area contributed by atoms with E-state index in [0.29, 0.717) is 25.1 Å². The molecule has 0 aromatic carbocycles. The first-order valence-electron chi connectivity index (χ1n) is 9.87. The van der Waals surface area contributed by atoms with Gasteiger partial charge >= 0.3 is 5.97 Å². The zero-order valence-corrected chi connectivity index (χ0v) is 18.2. The Balaban J connectivity index is 2.85. The summed E-state index contributed by atoms with van der Waals surface area (Å²) in [5.74, 6) is -2.94. The highest BCUT2D eigenvalue weighted by Crippen LogP contribution is 2.05. The molecule has 0 aliphatic carbocycles. The van der Waals surface area contributed by atoms with Gasteiger partial charge in [-0.2, -0.15) is 12.6 Å². The van der Waals surface area contributed by atoms with Crippen LogP contribution in [0.4, 0.5) is 0 Å². The maximum atomic E-state index is 12.8. The maximum Gasteiger partial charge on any atom is 0.326 e. The fraction of sp³-hybridized carbons (Fsp3) is 0.611. The molecule has 1 aromatic rings. The Morgan fingerprint density at radius 3 is 2.35 bits per heavy atom. The molecular formula is C18H31N7O5S. The van der Waals surface area contributed by atoms with E-state index in [1.807, 2.05) is 0 Å². The molecule has 0 aliphatic heterocycles. The van der Waals surface area contributed by atoms with Crippen molar-refractivity contribution >= 4 is 36.3 Å². The summed E-state index contributed by atoms with van der Waals surface area (Å²) in [6, 6.07) is -4.07. The van der Waals surface area contributed by atoms with E-state index in [0.717, 1.165) is 0 Å². The average molecular weight is 458 g/mol. The Bertz CT molecular complexity index is 731. The third-order valence-corrected chi connectivity index (χ3v) is 4.85. The van der Waals surface area contributed by atoms with Crippen LogP contribution in [0.1, 0.15) is 31.9 Å². The van der Waals surface area contributed by atoms with Gasteiger partial charge in [-0.05, 0) is 32.7 Å². The number of hydrogen-bond donors (Lipinski definition) is 8. The number of thiol groups is 1. The quantitative estimate of drug-likeness (QED) is 0.114. The second-order valence-corrected chi connectivity index (χ2v) is 7.41. The molecule has 1 aromatic heterocycles. The van der Waals surface area contributed by atoms with Crippen molar-refractivity contribution in [3.63, 3.8) is 0 Å². The molecule has 1 heterocycles. The van der Waals surface area contributed by atoms with Crippen LogP contribution < -0.4 is 27.4 Å². The summed E-state index contributed by atoms with van der Waals surface area (Å²) in [6.45, 7) is 1.86. The van der Waals surface area contributed by atoms with Gasteiger partial charge in [0.1, 0.15) is 18.1 Å². The van der Waals surface area contributed by atoms with E-state index in [9.17, 15) is 24.3 Å². The Kier molecular flexibility index (Phi) is 11.6. The molecule has 9 N–H and O–H groups in total. The van der Waals surface area contributed by atoms with Gasteiger partial charge in [0.05, 0.1) is 12.4 Å². The Morgan fingerprint density at radius 1 is 1.13 bits per heavy atom. The highest BCUT2D eigenvalue weighted by atomic mass is 32.1. The standard InChI is InChI=1S/C18H31N7O5S/c1-10(23-16(27)12(20)8-31)15(26)25-14(6-11-7-21-9-22-11)17(28)24-13(18(29)30)4-2-3-5-19/h7,9-10,12-14,31H,2-6,8,19-20H2,1H3,(H,21,22)(H,23,27)(H,24,28)(H,25,26)(H,29,30). The summed E-state index contributed by atoms with van der Waals surface area (Å²) in [5.41, 5.74) is 11.6. The molecule has 0 saturated heterocycles. The van der Waals surface area contributed by atoms with Crippen LogP contribution in [0.5, 0.6) is 0 Å². The number of rotatable bonds is 14. The minimum Gasteiger partial charge on any atom is -0.480 e. The van der Waals surface area contributed by atoms with Crippen molar-refractivity contribution in [2.45, 2.75) is 56.8 Å². The largest absolute Gasteiger partial charge is 0.480 e. The van der Waals surface area contributed by atoms with Gasteiger partial charge in [0.15, 0.2) is 0 Å². The van der Waals surface area contributed by atoms with Gasteiger partial charge in [-0.15, -0.1) is 0 Å². The van der Waals surface area contributed by atoms with Gasteiger partial charge in [0.2, 0.25) is 17.7 Å². The van der Waals surface area contributed by atoms with Crippen LogP contribution >= 0.6 is 12.6 Å². The lowest BCUT2D eigenvalue weighted by molar-refractivity contribution is -0.142. The smallest absolute Gasteiger partial charge is 0.326 e. The monoisotopic (exact) mass is 457 g/mol. The minimum atomic E-state index is -1.18. The molecule has 31 heavy (non-hydrogen) atoms. The number of unbranched alkanes of at least 4 members (excludes halogenated alkanes) is 1. The Labute approximate surface area is 185 Å². The van der Waals surface area contributed by atoms with Crippen LogP contribution in [0.15, 0.2) is 12.5 Å². The van der Waals surface area contributed by atoms with E-state index in [-0.39, 0.29) is 18.6 Å². The van der Waals surface area contributed by atoms with E-state index in [2.05, 4.69) is 38.5 Å². The van der Waals surface area contributed by atoms with E-state index >= 15 is 0 Å². The number of imidazole rings is 1. The molecule has 0 saturated carbocycles. The zero-order chi connectivity index (χ0) is 23.4. The molecule has 4 atom stereocenters. The van der Waals surface area contributed by atoms with Crippen LogP contribution in [0.2, 0.25) is 0 Å². The van der Waals surface area contributed by atoms with Crippen molar-refractivity contribution in [3.05, 3.63) is 18.2 Å². The summed E-state index contributed by atoms with van der Waals surface area (Å²) in [6.07, 6.45) is 4.31. The van der Waals surface area contributed by atoms with Crippen molar-refractivity contribution in [1.82, 2.24) is 25.9 Å². The van der Waals surface area contributed by atoms with E-state index in [1.165, 1.54) is 19.4 Å². The molecule has 4 unspecified atom stereocenters. The number of aliphatic carboxylic acids is 1. The third-order valence-electron chi connectivity index (χ3n) is 4.46. The lowest BCUT2D eigenvalue weighted by Gasteiger charge is -2.23. The number of nitrogens with one attached hydrogen (secondary N) is 4. The number of carbonyl (C=O) groups is 4. The Hall–Kier alpha value is -2.64. The number of aromatic amines is 1. The molecule has 0 spiro atoms. The predicted octanol–water partition coefficient (Wildman–Crippen LogP) is -2.10. The van der Waals surface area contributed by atoms with Crippen molar-refractivity contribution in [3.8, 4) is 0 Å². The summed E-state index contributed by atoms with van der Waals surface area (Å²) in [5, 5.41) is 16.8. The highest BCUT2D eigenvalue weighted by molar-refractivity contribution is 7.80. The van der Waals surface area contributed by atoms with Crippen molar-refractivity contribution in [1.29, 1.82) is 0 Å². The lowest BCUT2D eigenvalue weighted by atomic mass is 10.1. The van der Waals surface area contributed by atoms with Crippen LogP contribution in [0.3, 0.4) is 0 Å². The van der Waals surface area contributed by atoms with Crippen molar-refractivity contribution in [2.75, 3.05) is 12.3 Å². The summed E-state index contributed by atoms with van der Waals surface area (Å²) in [7, 11) is 0. The van der Waals surface area contributed by atoms with E-state index < -0.39 is 47.9 Å². The summed E-state index contributed by atoms with van der Waals surface area (Å²) in [4.78, 5) is 55.4. The first-order chi connectivity index (χ1) is 14.7. The highest BCUT2D eigenvalue weighted by Gasteiger charge is 2.29. The normalized spacial score (nSPS) is 14.7. The molecule has 0 radical (unpaired) electrons. The number of carboxylic acids is 1. The number of H-pyrrole nitrogens is 1. The number of carboxylic acid groups (broad SMARTS) is 1. The van der Waals surface area contributed by atoms with Crippen LogP contribution in [0.25, 0.3) is 0 Å². The first-order valence-corrected chi connectivity index (χ1v) is 10.5. The SMILES string of the molecule is CC(NC(=O)C(N)CS)C(=O)NC(Cc1cnc[nH]1)C(=O)NC(CCCCN)C(=O)O. The number of carbonyl (C=O) groups excluding carboxylic acids is 3. The summed E-state index contributed by atoms with van der Waals surface area (Å²) < 4.78 is 0. The minimum absolute atomic E-state index is 0.0452. The van der Waals surface area contributed by atoms with Gasteiger partial charge in [-0.1, -0.05) is 0 Å². The molecule has 1 rings (SSSR count). The number of nitrogens with zero attached hydrogens (tertiary/aromatic N) is 1. The zero-order valence-electron chi connectivity index (χ0n) is 17.3. The molecule has 12 nitrogen and oxygen atoms in total. The van der Waals surface area contributed by atoms with E-state index in [1.54, 1.807) is 0 Å². The van der Waals surface area contributed by atoms with Gasteiger partial charge in [-0.25, -0.2) is 9.78 Å². The van der Waals surface area contributed by atoms with Gasteiger partial charge in [0, 0.05) is 24.1 Å². The fourth-order valence-electron chi connectivity index (χ4n) is 2.61. The van der Waals surface area contributed by atoms with Crippen molar-refractivity contribution in [2.24, 2.45) is 11.5 Å².